The third-order valence-corrected chi connectivity index (χ3v) is 2.32. The van der Waals surface area contributed by atoms with Gasteiger partial charge in [-0.25, -0.2) is 4.98 Å². The summed E-state index contributed by atoms with van der Waals surface area (Å²) in [6.07, 6.45) is 3.42. The largest absolute Gasteiger partial charge is 0.265 e. The van der Waals surface area contributed by atoms with Gasteiger partial charge in [-0.15, -0.1) is 11.3 Å². The summed E-state index contributed by atoms with van der Waals surface area (Å²) in [4.78, 5) is 8.04. The lowest BCUT2D eigenvalue weighted by atomic mass is 10.2. The van der Waals surface area contributed by atoms with Gasteiger partial charge < -0.3 is 0 Å². The van der Waals surface area contributed by atoms with Crippen molar-refractivity contribution in [1.82, 2.24) is 9.97 Å². The van der Waals surface area contributed by atoms with Gasteiger partial charge in [-0.05, 0) is 12.1 Å². The molecule has 13 heavy (non-hydrogen) atoms. The summed E-state index contributed by atoms with van der Waals surface area (Å²) < 4.78 is 0. The smallest absolute Gasteiger partial charge is 0.194 e. The quantitative estimate of drug-likeness (QED) is 0.686. The highest BCUT2D eigenvalue weighted by molar-refractivity contribution is 7.10. The lowest BCUT2D eigenvalue weighted by Crippen LogP contribution is -1.78. The highest BCUT2D eigenvalue weighted by Crippen LogP contribution is 2.20. The van der Waals surface area contributed by atoms with E-state index in [9.17, 15) is 0 Å². The fraction of sp³-hybridized carbons (Fsp3) is 0. The molecule has 0 amide bonds. The van der Waals surface area contributed by atoms with Crippen LogP contribution in [0.2, 0.25) is 0 Å². The Hall–Kier alpha value is -1.73. The number of nitriles is 1. The summed E-state index contributed by atoms with van der Waals surface area (Å²) in [6, 6.07) is 5.75. The predicted octanol–water partition coefficient (Wildman–Crippen LogP) is 2.08. The number of nitrogens with zero attached hydrogens (tertiary/aromatic N) is 3. The van der Waals surface area contributed by atoms with Crippen molar-refractivity contribution in [3.05, 3.63) is 34.9 Å². The Morgan fingerprint density at radius 3 is 2.69 bits per heavy atom. The maximum Gasteiger partial charge on any atom is 0.194 e. The summed E-state index contributed by atoms with van der Waals surface area (Å²) in [7, 11) is 0. The van der Waals surface area contributed by atoms with Gasteiger partial charge in [0.25, 0.3) is 0 Å². The van der Waals surface area contributed by atoms with Crippen LogP contribution in [0.15, 0.2) is 29.9 Å². The van der Waals surface area contributed by atoms with Gasteiger partial charge >= 0.3 is 0 Å². The van der Waals surface area contributed by atoms with Crippen LogP contribution < -0.4 is 0 Å². The van der Waals surface area contributed by atoms with Gasteiger partial charge in [0, 0.05) is 23.3 Å². The number of hydrogen-bond donors (Lipinski definition) is 0. The van der Waals surface area contributed by atoms with Gasteiger partial charge in [0.1, 0.15) is 6.07 Å². The summed E-state index contributed by atoms with van der Waals surface area (Å²) in [5.74, 6) is 0. The molecule has 2 aromatic rings. The Labute approximate surface area is 79.3 Å². The van der Waals surface area contributed by atoms with E-state index in [1.807, 2.05) is 23.6 Å². The molecule has 0 N–H and O–H groups in total. The molecular formula is C9H5N3S. The molecule has 0 fully saturated rings. The van der Waals surface area contributed by atoms with E-state index in [0.717, 1.165) is 11.3 Å². The second-order valence-corrected chi connectivity index (χ2v) is 3.24. The molecule has 0 bridgehead atoms. The van der Waals surface area contributed by atoms with E-state index in [-0.39, 0.29) is 0 Å². The average Bonchev–Trinajstić information content (AvgIpc) is 2.67. The van der Waals surface area contributed by atoms with Gasteiger partial charge in [-0.3, -0.25) is 4.98 Å². The first kappa shape index (κ1) is 7.90. The number of aromatic nitrogens is 2. The lowest BCUT2D eigenvalue weighted by Gasteiger charge is -1.91. The first-order chi connectivity index (χ1) is 6.40. The number of pyridine rings is 1. The van der Waals surface area contributed by atoms with Crippen LogP contribution in [0.4, 0.5) is 0 Å². The minimum Gasteiger partial charge on any atom is -0.265 e. The maximum atomic E-state index is 8.58. The molecule has 0 aromatic carbocycles. The van der Waals surface area contributed by atoms with Crippen molar-refractivity contribution in [2.75, 3.05) is 0 Å². The Kier molecular flexibility index (Phi) is 2.02. The van der Waals surface area contributed by atoms with E-state index in [0.29, 0.717) is 5.01 Å². The zero-order valence-corrected chi connectivity index (χ0v) is 7.45. The molecular weight excluding hydrogens is 182 g/mol. The number of rotatable bonds is 1. The molecule has 2 heterocycles. The van der Waals surface area contributed by atoms with Crippen LogP contribution in [0.3, 0.4) is 0 Å². The SMILES string of the molecule is N#Cc1nc(-c2ccncc2)cs1. The van der Waals surface area contributed by atoms with Gasteiger partial charge in [-0.2, -0.15) is 5.26 Å². The minimum atomic E-state index is 0.492. The molecule has 0 atom stereocenters. The standard InChI is InChI=1S/C9H5N3S/c10-5-9-12-8(6-13-9)7-1-3-11-4-2-7/h1-4,6H. The van der Waals surface area contributed by atoms with Crippen molar-refractivity contribution in [3.63, 3.8) is 0 Å². The summed E-state index contributed by atoms with van der Waals surface area (Å²) in [6.45, 7) is 0. The maximum absolute atomic E-state index is 8.58. The zero-order valence-electron chi connectivity index (χ0n) is 6.64. The first-order valence-corrected chi connectivity index (χ1v) is 4.54. The van der Waals surface area contributed by atoms with E-state index in [1.54, 1.807) is 12.4 Å². The van der Waals surface area contributed by atoms with Crippen LogP contribution in [-0.2, 0) is 0 Å². The van der Waals surface area contributed by atoms with Crippen molar-refractivity contribution in [2.45, 2.75) is 0 Å². The van der Waals surface area contributed by atoms with Crippen molar-refractivity contribution >= 4 is 11.3 Å². The van der Waals surface area contributed by atoms with Crippen LogP contribution in [0.1, 0.15) is 5.01 Å². The van der Waals surface area contributed by atoms with E-state index >= 15 is 0 Å². The molecule has 0 spiro atoms. The molecule has 0 radical (unpaired) electrons. The third-order valence-electron chi connectivity index (χ3n) is 1.58. The second-order valence-electron chi connectivity index (χ2n) is 2.39. The average molecular weight is 187 g/mol. The van der Waals surface area contributed by atoms with Crippen molar-refractivity contribution in [2.24, 2.45) is 0 Å². The van der Waals surface area contributed by atoms with Crippen LogP contribution in [-0.4, -0.2) is 9.97 Å². The Balaban J connectivity index is 2.43. The molecule has 0 saturated heterocycles. The molecule has 0 saturated carbocycles. The van der Waals surface area contributed by atoms with Crippen LogP contribution in [0.5, 0.6) is 0 Å². The molecule has 0 aliphatic heterocycles. The third kappa shape index (κ3) is 1.55. The van der Waals surface area contributed by atoms with Crippen molar-refractivity contribution < 1.29 is 0 Å². The van der Waals surface area contributed by atoms with E-state index in [4.69, 9.17) is 5.26 Å². The van der Waals surface area contributed by atoms with E-state index in [2.05, 4.69) is 9.97 Å². The minimum absolute atomic E-state index is 0.492. The Morgan fingerprint density at radius 1 is 1.31 bits per heavy atom. The van der Waals surface area contributed by atoms with Gasteiger partial charge in [0.15, 0.2) is 5.01 Å². The van der Waals surface area contributed by atoms with Gasteiger partial charge in [0.05, 0.1) is 5.69 Å². The second kappa shape index (κ2) is 3.33. The van der Waals surface area contributed by atoms with Crippen LogP contribution >= 0.6 is 11.3 Å². The van der Waals surface area contributed by atoms with Gasteiger partial charge in [0.2, 0.25) is 0 Å². The van der Waals surface area contributed by atoms with Crippen LogP contribution in [0, 0.1) is 11.3 Å². The van der Waals surface area contributed by atoms with Crippen molar-refractivity contribution in [3.8, 4) is 17.3 Å². The first-order valence-electron chi connectivity index (χ1n) is 3.66. The summed E-state index contributed by atoms with van der Waals surface area (Å²) >= 11 is 1.35. The Bertz CT molecular complexity index is 441. The molecule has 62 valence electrons. The molecule has 3 nitrogen and oxygen atoms in total. The van der Waals surface area contributed by atoms with Crippen molar-refractivity contribution in [1.29, 1.82) is 5.26 Å². The molecule has 2 aromatic heterocycles. The van der Waals surface area contributed by atoms with E-state index < -0.39 is 0 Å². The molecule has 2 rings (SSSR count). The highest BCUT2D eigenvalue weighted by atomic mass is 32.1. The highest BCUT2D eigenvalue weighted by Gasteiger charge is 2.02. The fourth-order valence-electron chi connectivity index (χ4n) is 0.980. The molecule has 0 aliphatic rings. The van der Waals surface area contributed by atoms with E-state index in [1.165, 1.54) is 11.3 Å². The summed E-state index contributed by atoms with van der Waals surface area (Å²) in [5, 5.41) is 10.9. The number of hydrogen-bond acceptors (Lipinski definition) is 4. The molecule has 0 unspecified atom stereocenters. The fourth-order valence-corrected chi connectivity index (χ4v) is 1.60. The molecule has 4 heteroatoms. The normalized spacial score (nSPS) is 9.46. The van der Waals surface area contributed by atoms with Gasteiger partial charge in [-0.1, -0.05) is 0 Å². The predicted molar refractivity (Wildman–Crippen MR) is 50.1 cm³/mol. The lowest BCUT2D eigenvalue weighted by molar-refractivity contribution is 1.30. The number of thiazole rings is 1. The Morgan fingerprint density at radius 2 is 2.08 bits per heavy atom. The topological polar surface area (TPSA) is 49.6 Å². The molecule has 0 aliphatic carbocycles. The summed E-state index contributed by atoms with van der Waals surface area (Å²) in [5.41, 5.74) is 1.83. The monoisotopic (exact) mass is 187 g/mol. The van der Waals surface area contributed by atoms with Crippen LogP contribution in [0.25, 0.3) is 11.3 Å². The zero-order chi connectivity index (χ0) is 9.10.